The molecule has 4 heteroatoms. The number of fused-ring (bicyclic) bond motifs is 1. The SMILES string of the molecule is O=c1c2ccccc2cnn1CC=CCS. The van der Waals surface area contributed by atoms with Crippen LogP contribution in [0.4, 0.5) is 0 Å². The van der Waals surface area contributed by atoms with E-state index in [0.29, 0.717) is 17.7 Å². The van der Waals surface area contributed by atoms with Crippen molar-refractivity contribution in [3.05, 3.63) is 53.0 Å². The van der Waals surface area contributed by atoms with Gasteiger partial charge in [0.25, 0.3) is 5.56 Å². The number of nitrogens with zero attached hydrogens (tertiary/aromatic N) is 2. The molecular formula is C12H12N2OS. The molecule has 0 aliphatic rings. The Labute approximate surface area is 98.8 Å². The molecule has 0 unspecified atom stereocenters. The van der Waals surface area contributed by atoms with Crippen LogP contribution in [0.2, 0.25) is 0 Å². The van der Waals surface area contributed by atoms with Gasteiger partial charge in [-0.05, 0) is 6.07 Å². The van der Waals surface area contributed by atoms with Crippen molar-refractivity contribution in [2.45, 2.75) is 6.54 Å². The van der Waals surface area contributed by atoms with E-state index in [4.69, 9.17) is 0 Å². The van der Waals surface area contributed by atoms with E-state index >= 15 is 0 Å². The Bertz CT molecular complexity index is 574. The van der Waals surface area contributed by atoms with Gasteiger partial charge in [0.2, 0.25) is 0 Å². The van der Waals surface area contributed by atoms with Gasteiger partial charge >= 0.3 is 0 Å². The zero-order chi connectivity index (χ0) is 11.4. The molecule has 0 N–H and O–H groups in total. The van der Waals surface area contributed by atoms with E-state index < -0.39 is 0 Å². The molecule has 0 aliphatic heterocycles. The molecular weight excluding hydrogens is 220 g/mol. The normalized spacial score (nSPS) is 11.3. The first kappa shape index (κ1) is 11.0. The Morgan fingerprint density at radius 1 is 1.31 bits per heavy atom. The topological polar surface area (TPSA) is 34.9 Å². The van der Waals surface area contributed by atoms with E-state index in [2.05, 4.69) is 17.7 Å². The highest BCUT2D eigenvalue weighted by atomic mass is 32.1. The average molecular weight is 232 g/mol. The lowest BCUT2D eigenvalue weighted by atomic mass is 10.2. The molecule has 0 radical (unpaired) electrons. The van der Waals surface area contributed by atoms with E-state index in [0.717, 1.165) is 5.39 Å². The van der Waals surface area contributed by atoms with Gasteiger partial charge in [0.1, 0.15) is 0 Å². The fourth-order valence-electron chi connectivity index (χ4n) is 1.51. The second-order valence-electron chi connectivity index (χ2n) is 3.37. The molecule has 2 rings (SSSR count). The van der Waals surface area contributed by atoms with Crippen molar-refractivity contribution in [2.75, 3.05) is 5.75 Å². The van der Waals surface area contributed by atoms with Gasteiger partial charge in [0.15, 0.2) is 0 Å². The van der Waals surface area contributed by atoms with Crippen molar-refractivity contribution < 1.29 is 0 Å². The standard InChI is InChI=1S/C12H12N2OS/c15-12-11-6-2-1-5-10(11)9-13-14(12)7-3-4-8-16/h1-6,9,16H,7-8H2. The van der Waals surface area contributed by atoms with Crippen molar-refractivity contribution >= 4 is 23.4 Å². The quantitative estimate of drug-likeness (QED) is 0.648. The summed E-state index contributed by atoms with van der Waals surface area (Å²) >= 11 is 4.06. The van der Waals surface area contributed by atoms with Gasteiger partial charge in [-0.3, -0.25) is 4.79 Å². The number of aromatic nitrogens is 2. The Hall–Kier alpha value is -1.55. The fraction of sp³-hybridized carbons (Fsp3) is 0.167. The molecule has 0 fully saturated rings. The fourth-order valence-corrected chi connectivity index (χ4v) is 1.66. The maximum atomic E-state index is 12.0. The van der Waals surface area contributed by atoms with E-state index in [1.807, 2.05) is 36.4 Å². The molecule has 0 saturated carbocycles. The van der Waals surface area contributed by atoms with Gasteiger partial charge < -0.3 is 0 Å². The van der Waals surface area contributed by atoms with Crippen LogP contribution in [0.25, 0.3) is 10.8 Å². The third-order valence-electron chi connectivity index (χ3n) is 2.31. The summed E-state index contributed by atoms with van der Waals surface area (Å²) < 4.78 is 1.45. The van der Waals surface area contributed by atoms with Crippen LogP contribution >= 0.6 is 12.6 Å². The highest BCUT2D eigenvalue weighted by Gasteiger charge is 2.00. The van der Waals surface area contributed by atoms with E-state index in [1.54, 1.807) is 6.20 Å². The summed E-state index contributed by atoms with van der Waals surface area (Å²) in [7, 11) is 0. The molecule has 0 bridgehead atoms. The first-order valence-corrected chi connectivity index (χ1v) is 5.67. The number of hydrogen-bond donors (Lipinski definition) is 1. The third-order valence-corrected chi connectivity index (χ3v) is 2.52. The van der Waals surface area contributed by atoms with Crippen LogP contribution in [0.1, 0.15) is 0 Å². The predicted octanol–water partition coefficient (Wildman–Crippen LogP) is 1.88. The number of benzene rings is 1. The first-order chi connectivity index (χ1) is 7.83. The van der Waals surface area contributed by atoms with Crippen molar-refractivity contribution in [2.24, 2.45) is 0 Å². The summed E-state index contributed by atoms with van der Waals surface area (Å²) in [5.74, 6) is 0.669. The van der Waals surface area contributed by atoms with Crippen molar-refractivity contribution in [1.82, 2.24) is 9.78 Å². The average Bonchev–Trinajstić information content (AvgIpc) is 2.33. The van der Waals surface area contributed by atoms with Gasteiger partial charge in [0.05, 0.1) is 18.1 Å². The molecule has 16 heavy (non-hydrogen) atoms. The zero-order valence-electron chi connectivity index (χ0n) is 8.71. The van der Waals surface area contributed by atoms with Gasteiger partial charge in [-0.1, -0.05) is 30.4 Å². The lowest BCUT2D eigenvalue weighted by molar-refractivity contribution is 0.660. The molecule has 3 nitrogen and oxygen atoms in total. The molecule has 1 heterocycles. The summed E-state index contributed by atoms with van der Waals surface area (Å²) in [6.45, 7) is 0.490. The number of allylic oxidation sites excluding steroid dienone is 1. The largest absolute Gasteiger partial charge is 0.274 e. The van der Waals surface area contributed by atoms with Gasteiger partial charge in [-0.25, -0.2) is 4.68 Å². The van der Waals surface area contributed by atoms with Crippen LogP contribution in [0.3, 0.4) is 0 Å². The molecule has 1 aromatic heterocycles. The van der Waals surface area contributed by atoms with E-state index in [1.165, 1.54) is 4.68 Å². The van der Waals surface area contributed by atoms with Crippen LogP contribution in [0.5, 0.6) is 0 Å². The summed E-state index contributed by atoms with van der Waals surface area (Å²) in [5.41, 5.74) is -0.0538. The smallest absolute Gasteiger partial charge is 0.267 e. The third kappa shape index (κ3) is 2.17. The Kier molecular flexibility index (Phi) is 3.41. The van der Waals surface area contributed by atoms with E-state index in [9.17, 15) is 4.79 Å². The minimum absolute atomic E-state index is 0.0538. The minimum Gasteiger partial charge on any atom is -0.267 e. The number of thiol groups is 1. The van der Waals surface area contributed by atoms with Crippen molar-refractivity contribution in [3.63, 3.8) is 0 Å². The lowest BCUT2D eigenvalue weighted by Crippen LogP contribution is -2.21. The van der Waals surface area contributed by atoms with Crippen LogP contribution in [-0.2, 0) is 6.54 Å². The summed E-state index contributed by atoms with van der Waals surface area (Å²) in [6, 6.07) is 7.46. The van der Waals surface area contributed by atoms with Crippen LogP contribution < -0.4 is 5.56 Å². The second kappa shape index (κ2) is 4.99. The van der Waals surface area contributed by atoms with Crippen LogP contribution in [-0.4, -0.2) is 15.5 Å². The van der Waals surface area contributed by atoms with Gasteiger partial charge in [0, 0.05) is 11.1 Å². The molecule has 0 amide bonds. The second-order valence-corrected chi connectivity index (χ2v) is 3.74. The number of hydrogen-bond acceptors (Lipinski definition) is 3. The Balaban J connectivity index is 2.45. The highest BCUT2D eigenvalue weighted by molar-refractivity contribution is 7.80. The summed E-state index contributed by atoms with van der Waals surface area (Å²) in [4.78, 5) is 12.0. The number of rotatable bonds is 3. The highest BCUT2D eigenvalue weighted by Crippen LogP contribution is 2.06. The minimum atomic E-state index is -0.0538. The first-order valence-electron chi connectivity index (χ1n) is 5.03. The van der Waals surface area contributed by atoms with Gasteiger partial charge in [-0.15, -0.1) is 0 Å². The predicted molar refractivity (Wildman–Crippen MR) is 69.0 cm³/mol. The van der Waals surface area contributed by atoms with Gasteiger partial charge in [-0.2, -0.15) is 17.7 Å². The maximum absolute atomic E-state index is 12.0. The van der Waals surface area contributed by atoms with Crippen molar-refractivity contribution in [1.29, 1.82) is 0 Å². The van der Waals surface area contributed by atoms with Crippen LogP contribution in [0.15, 0.2) is 47.4 Å². The molecule has 0 atom stereocenters. The Morgan fingerprint density at radius 3 is 2.94 bits per heavy atom. The molecule has 0 saturated heterocycles. The lowest BCUT2D eigenvalue weighted by Gasteiger charge is -2.02. The Morgan fingerprint density at radius 2 is 2.12 bits per heavy atom. The zero-order valence-corrected chi connectivity index (χ0v) is 9.60. The molecule has 0 aliphatic carbocycles. The summed E-state index contributed by atoms with van der Waals surface area (Å²) in [6.07, 6.45) is 5.49. The monoisotopic (exact) mass is 232 g/mol. The molecule has 0 spiro atoms. The molecule has 2 aromatic rings. The van der Waals surface area contributed by atoms with Crippen molar-refractivity contribution in [3.8, 4) is 0 Å². The maximum Gasteiger partial charge on any atom is 0.274 e. The summed E-state index contributed by atoms with van der Waals surface area (Å²) in [5, 5.41) is 5.69. The molecule has 82 valence electrons. The molecule has 1 aromatic carbocycles. The van der Waals surface area contributed by atoms with Crippen LogP contribution in [0, 0.1) is 0 Å². The van der Waals surface area contributed by atoms with E-state index in [-0.39, 0.29) is 5.56 Å².